The van der Waals surface area contributed by atoms with Crippen LogP contribution in [0.2, 0.25) is 0 Å². The summed E-state index contributed by atoms with van der Waals surface area (Å²) in [7, 11) is 2.90. The molecule has 0 saturated carbocycles. The van der Waals surface area contributed by atoms with Crippen molar-refractivity contribution in [3.05, 3.63) is 44.6 Å². The second-order valence-electron chi connectivity index (χ2n) is 3.76. The number of carbonyl (C=O) groups excluding carboxylic acids is 1. The van der Waals surface area contributed by atoms with Crippen LogP contribution in [0.4, 0.5) is 0 Å². The zero-order valence-corrected chi connectivity index (χ0v) is 13.9. The highest BCUT2D eigenvalue weighted by Gasteiger charge is 2.19. The molecule has 0 saturated heterocycles. The molecule has 0 bridgehead atoms. The van der Waals surface area contributed by atoms with Gasteiger partial charge in [0.25, 0.3) is 0 Å². The molecule has 7 heteroatoms. The molecule has 0 aliphatic rings. The lowest BCUT2D eigenvalue weighted by Gasteiger charge is -2.08. The van der Waals surface area contributed by atoms with Crippen molar-refractivity contribution in [3.8, 4) is 11.8 Å². The second kappa shape index (κ2) is 6.32. The minimum absolute atomic E-state index is 0.130. The molecule has 0 spiro atoms. The maximum Gasteiger partial charge on any atom is 0.247 e. The third-order valence-corrected chi connectivity index (χ3v) is 3.38. The first-order valence-electron chi connectivity index (χ1n) is 5.51. The Kier molecular flexibility index (Phi) is 4.72. The van der Waals surface area contributed by atoms with Crippen LogP contribution in [0.25, 0.3) is 0 Å². The van der Waals surface area contributed by atoms with E-state index >= 15 is 0 Å². The smallest absolute Gasteiger partial charge is 0.247 e. The van der Waals surface area contributed by atoms with Gasteiger partial charge < -0.3 is 9.47 Å². The fraction of sp³-hybridized carbons (Fsp3) is 0.154. The van der Waals surface area contributed by atoms with Gasteiger partial charge in [-0.3, -0.25) is 4.79 Å². The molecule has 0 radical (unpaired) electrons. The van der Waals surface area contributed by atoms with Crippen molar-refractivity contribution in [2.24, 2.45) is 0 Å². The number of nitrogens with zero attached hydrogens (tertiary/aromatic N) is 2. The van der Waals surface area contributed by atoms with Gasteiger partial charge in [-0.15, -0.1) is 0 Å². The molecule has 2 aromatic rings. The lowest BCUT2D eigenvalue weighted by atomic mass is 10.1. The first kappa shape index (κ1) is 14.9. The largest absolute Gasteiger partial charge is 0.480 e. The van der Waals surface area contributed by atoms with Crippen LogP contribution >= 0.6 is 31.9 Å². The van der Waals surface area contributed by atoms with Crippen LogP contribution in [0.1, 0.15) is 16.1 Å². The van der Waals surface area contributed by atoms with Crippen molar-refractivity contribution < 1.29 is 14.3 Å². The van der Waals surface area contributed by atoms with Gasteiger partial charge in [0.15, 0.2) is 5.69 Å². The molecular formula is C13H10Br2N2O3. The minimum Gasteiger partial charge on any atom is -0.480 e. The van der Waals surface area contributed by atoms with E-state index < -0.39 is 0 Å². The van der Waals surface area contributed by atoms with Gasteiger partial charge in [0.2, 0.25) is 17.5 Å². The Morgan fingerprint density at radius 2 is 1.75 bits per heavy atom. The van der Waals surface area contributed by atoms with Crippen molar-refractivity contribution in [3.63, 3.8) is 0 Å². The summed E-state index contributed by atoms with van der Waals surface area (Å²) in [5.74, 6) is 0.137. The molecule has 0 atom stereocenters. The first-order valence-corrected chi connectivity index (χ1v) is 7.09. The van der Waals surface area contributed by atoms with Crippen LogP contribution in [-0.4, -0.2) is 30.0 Å². The molecule has 0 amide bonds. The van der Waals surface area contributed by atoms with Crippen LogP contribution in [0, 0.1) is 0 Å². The van der Waals surface area contributed by atoms with Crippen molar-refractivity contribution >= 4 is 37.6 Å². The molecule has 0 fully saturated rings. The lowest BCUT2D eigenvalue weighted by molar-refractivity contribution is 0.103. The highest BCUT2D eigenvalue weighted by Crippen LogP contribution is 2.24. The minimum atomic E-state index is -0.279. The van der Waals surface area contributed by atoms with E-state index in [4.69, 9.17) is 9.47 Å². The molecule has 104 valence electrons. The summed E-state index contributed by atoms with van der Waals surface area (Å²) >= 11 is 6.69. The Morgan fingerprint density at radius 1 is 1.10 bits per heavy atom. The van der Waals surface area contributed by atoms with E-state index in [0.29, 0.717) is 5.56 Å². The van der Waals surface area contributed by atoms with Crippen LogP contribution < -0.4 is 9.47 Å². The zero-order chi connectivity index (χ0) is 14.7. The third-order valence-electron chi connectivity index (χ3n) is 2.46. The Morgan fingerprint density at radius 3 is 2.30 bits per heavy atom. The molecular weight excluding hydrogens is 392 g/mol. The number of hydrogen-bond acceptors (Lipinski definition) is 5. The molecule has 0 aliphatic heterocycles. The normalized spacial score (nSPS) is 10.2. The van der Waals surface area contributed by atoms with Crippen molar-refractivity contribution in [2.75, 3.05) is 14.2 Å². The maximum atomic E-state index is 12.5. The summed E-state index contributed by atoms with van der Waals surface area (Å²) in [4.78, 5) is 20.6. The summed E-state index contributed by atoms with van der Waals surface area (Å²) in [5.41, 5.74) is 0.613. The number of carbonyl (C=O) groups is 1. The van der Waals surface area contributed by atoms with Gasteiger partial charge in [-0.2, -0.15) is 4.98 Å². The van der Waals surface area contributed by atoms with Crippen LogP contribution in [0.5, 0.6) is 11.8 Å². The quantitative estimate of drug-likeness (QED) is 0.736. The SMILES string of the molecule is COc1cnc(C(=O)c2cc(Br)cc(Br)c2)c(OC)n1. The summed E-state index contributed by atoms with van der Waals surface area (Å²) < 4.78 is 11.6. The maximum absolute atomic E-state index is 12.5. The predicted molar refractivity (Wildman–Crippen MR) is 80.4 cm³/mol. The van der Waals surface area contributed by atoms with E-state index in [-0.39, 0.29) is 23.2 Å². The molecule has 1 aromatic heterocycles. The number of benzene rings is 1. The van der Waals surface area contributed by atoms with Crippen molar-refractivity contribution in [2.45, 2.75) is 0 Å². The van der Waals surface area contributed by atoms with E-state index in [9.17, 15) is 4.79 Å². The van der Waals surface area contributed by atoms with Gasteiger partial charge in [-0.1, -0.05) is 31.9 Å². The number of methoxy groups -OCH3 is 2. The average Bonchev–Trinajstić information content (AvgIpc) is 2.44. The van der Waals surface area contributed by atoms with E-state index in [1.165, 1.54) is 20.4 Å². The Balaban J connectivity index is 2.47. The summed E-state index contributed by atoms with van der Waals surface area (Å²) in [5, 5.41) is 0. The molecule has 1 heterocycles. The molecule has 2 rings (SSSR count). The topological polar surface area (TPSA) is 61.3 Å². The zero-order valence-electron chi connectivity index (χ0n) is 10.7. The molecule has 0 N–H and O–H groups in total. The van der Waals surface area contributed by atoms with Gasteiger partial charge in [0.1, 0.15) is 0 Å². The summed E-state index contributed by atoms with van der Waals surface area (Å²) in [6, 6.07) is 5.25. The molecule has 0 aliphatic carbocycles. The number of aromatic nitrogens is 2. The van der Waals surface area contributed by atoms with Gasteiger partial charge in [-0.25, -0.2) is 4.98 Å². The predicted octanol–water partition coefficient (Wildman–Crippen LogP) is 3.25. The standard InChI is InChI=1S/C13H10Br2N2O3/c1-19-10-6-16-11(13(17-10)20-2)12(18)7-3-8(14)5-9(15)4-7/h3-6H,1-2H3. The molecule has 5 nitrogen and oxygen atoms in total. The Labute approximate surface area is 132 Å². The van der Waals surface area contributed by atoms with Crippen molar-refractivity contribution in [1.29, 1.82) is 0 Å². The van der Waals surface area contributed by atoms with Crippen molar-refractivity contribution in [1.82, 2.24) is 9.97 Å². The Bertz CT molecular complexity index is 642. The average molecular weight is 402 g/mol. The third kappa shape index (κ3) is 3.16. The number of rotatable bonds is 4. The second-order valence-corrected chi connectivity index (χ2v) is 5.59. The highest BCUT2D eigenvalue weighted by molar-refractivity contribution is 9.11. The van der Waals surface area contributed by atoms with Crippen LogP contribution in [0.15, 0.2) is 33.3 Å². The number of ketones is 1. The Hall–Kier alpha value is -1.47. The number of ether oxygens (including phenoxy) is 2. The summed E-state index contributed by atoms with van der Waals surface area (Å²) in [6.07, 6.45) is 1.38. The monoisotopic (exact) mass is 400 g/mol. The van der Waals surface area contributed by atoms with E-state index in [1.807, 2.05) is 6.07 Å². The van der Waals surface area contributed by atoms with E-state index in [2.05, 4.69) is 41.8 Å². The molecule has 20 heavy (non-hydrogen) atoms. The van der Waals surface area contributed by atoms with E-state index in [1.54, 1.807) is 12.1 Å². The van der Waals surface area contributed by atoms with Crippen LogP contribution in [-0.2, 0) is 0 Å². The lowest BCUT2D eigenvalue weighted by Crippen LogP contribution is -2.09. The van der Waals surface area contributed by atoms with Gasteiger partial charge in [0.05, 0.1) is 20.4 Å². The fourth-order valence-electron chi connectivity index (χ4n) is 1.57. The molecule has 1 aromatic carbocycles. The fourth-order valence-corrected chi connectivity index (χ4v) is 2.87. The first-order chi connectivity index (χ1) is 9.55. The van der Waals surface area contributed by atoms with Gasteiger partial charge >= 0.3 is 0 Å². The number of hydrogen-bond donors (Lipinski definition) is 0. The van der Waals surface area contributed by atoms with E-state index in [0.717, 1.165) is 8.95 Å². The number of halogens is 2. The van der Waals surface area contributed by atoms with Gasteiger partial charge in [-0.05, 0) is 18.2 Å². The van der Waals surface area contributed by atoms with Crippen LogP contribution in [0.3, 0.4) is 0 Å². The van der Waals surface area contributed by atoms with Gasteiger partial charge in [0, 0.05) is 14.5 Å². The molecule has 0 unspecified atom stereocenters. The highest BCUT2D eigenvalue weighted by atomic mass is 79.9. The summed E-state index contributed by atoms with van der Waals surface area (Å²) in [6.45, 7) is 0.